The molecule has 0 unspecified atom stereocenters. The third kappa shape index (κ3) is 4.44. The molecule has 1 aliphatic heterocycles. The van der Waals surface area contributed by atoms with Gasteiger partial charge in [-0.05, 0) is 50.4 Å². The van der Waals surface area contributed by atoms with E-state index in [2.05, 4.69) is 34.3 Å². The maximum Gasteiger partial charge on any atom is 0.225 e. The Kier molecular flexibility index (Phi) is 5.98. The molecule has 2 aromatic heterocycles. The van der Waals surface area contributed by atoms with Crippen molar-refractivity contribution in [2.24, 2.45) is 11.3 Å². The Balaban J connectivity index is 1.42. The van der Waals surface area contributed by atoms with Gasteiger partial charge in [0.2, 0.25) is 5.91 Å². The molecule has 1 aliphatic rings. The Morgan fingerprint density at radius 2 is 2.03 bits per heavy atom. The Hall–Kier alpha value is -2.18. The van der Waals surface area contributed by atoms with Crippen LogP contribution in [0.4, 0.5) is 0 Å². The fraction of sp³-hybridized carbons (Fsp3) is 0.500. The van der Waals surface area contributed by atoms with Gasteiger partial charge in [0.05, 0.1) is 12.6 Å². The van der Waals surface area contributed by atoms with Crippen LogP contribution in [-0.4, -0.2) is 28.9 Å². The first kappa shape index (κ1) is 21.1. The molecule has 1 amide bonds. The lowest BCUT2D eigenvalue weighted by molar-refractivity contribution is -0.129. The third-order valence-electron chi connectivity index (χ3n) is 6.10. The molecule has 1 fully saturated rings. The first-order valence-corrected chi connectivity index (χ1v) is 11.6. The number of para-hydroxylation sites is 1. The van der Waals surface area contributed by atoms with Crippen molar-refractivity contribution in [2.45, 2.75) is 53.1 Å². The van der Waals surface area contributed by atoms with Crippen LogP contribution in [-0.2, 0) is 11.3 Å². The lowest BCUT2D eigenvalue weighted by atomic mass is 9.87. The summed E-state index contributed by atoms with van der Waals surface area (Å²) in [5.74, 6) is 1.55. The average Bonchev–Trinajstić information content (AvgIpc) is 3.35. The molecule has 1 N–H and O–H groups in total. The van der Waals surface area contributed by atoms with E-state index in [1.165, 1.54) is 10.9 Å². The van der Waals surface area contributed by atoms with E-state index in [9.17, 15) is 4.79 Å². The molecule has 1 saturated heterocycles. The number of aromatic nitrogens is 1. The number of nitrogens with one attached hydrogen (secondary N) is 1. The lowest BCUT2D eigenvalue weighted by Crippen LogP contribution is -2.43. The first-order valence-electron chi connectivity index (χ1n) is 10.7. The van der Waals surface area contributed by atoms with Crippen LogP contribution in [0.1, 0.15) is 56.0 Å². The zero-order chi connectivity index (χ0) is 21.3. The molecule has 3 heterocycles. The summed E-state index contributed by atoms with van der Waals surface area (Å²) >= 11 is 1.63. The van der Waals surface area contributed by atoms with E-state index >= 15 is 0 Å². The maximum atomic E-state index is 12.7. The van der Waals surface area contributed by atoms with E-state index < -0.39 is 5.41 Å². The van der Waals surface area contributed by atoms with Gasteiger partial charge in [-0.15, -0.1) is 11.3 Å². The fourth-order valence-electron chi connectivity index (χ4n) is 4.15. The van der Waals surface area contributed by atoms with Crippen molar-refractivity contribution < 1.29 is 9.21 Å². The van der Waals surface area contributed by atoms with Crippen molar-refractivity contribution in [3.8, 4) is 0 Å². The summed E-state index contributed by atoms with van der Waals surface area (Å²) in [5, 5.41) is 7.50. The Morgan fingerprint density at radius 3 is 2.67 bits per heavy atom. The molecule has 6 heteroatoms. The quantitative estimate of drug-likeness (QED) is 0.602. The van der Waals surface area contributed by atoms with Crippen molar-refractivity contribution in [3.63, 3.8) is 0 Å². The number of furan rings is 1. The minimum Gasteiger partial charge on any atom is -0.459 e. The number of rotatable bonds is 5. The van der Waals surface area contributed by atoms with E-state index in [-0.39, 0.29) is 11.9 Å². The van der Waals surface area contributed by atoms with Crippen LogP contribution in [0.2, 0.25) is 0 Å². The summed E-state index contributed by atoms with van der Waals surface area (Å²) in [4.78, 5) is 19.7. The number of nitrogens with zero attached hydrogens (tertiary/aromatic N) is 2. The summed E-state index contributed by atoms with van der Waals surface area (Å²) in [6, 6.07) is 8.23. The third-order valence-corrected chi connectivity index (χ3v) is 6.96. The molecule has 3 aromatic rings. The SMILES string of the molecule is Cc1c(CN2CCC([C@H](NC(=O)C(C)(C)C)c3nccs3)CC2)oc2ccccc12. The zero-order valence-corrected chi connectivity index (χ0v) is 19.1. The predicted octanol–water partition coefficient (Wildman–Crippen LogP) is 5.31. The molecule has 0 radical (unpaired) electrons. The van der Waals surface area contributed by atoms with Gasteiger partial charge in [0.15, 0.2) is 0 Å². The number of hydrogen-bond acceptors (Lipinski definition) is 5. The number of carbonyl (C=O) groups is 1. The minimum atomic E-state index is -0.408. The number of hydrogen-bond donors (Lipinski definition) is 1. The smallest absolute Gasteiger partial charge is 0.225 e. The van der Waals surface area contributed by atoms with Crippen molar-refractivity contribution in [1.82, 2.24) is 15.2 Å². The van der Waals surface area contributed by atoms with Gasteiger partial charge in [-0.3, -0.25) is 9.69 Å². The number of amides is 1. The van der Waals surface area contributed by atoms with E-state index in [1.54, 1.807) is 11.3 Å². The molecule has 0 aliphatic carbocycles. The van der Waals surface area contributed by atoms with Gasteiger partial charge in [-0.25, -0.2) is 4.98 Å². The minimum absolute atomic E-state index is 0.00758. The second kappa shape index (κ2) is 8.52. The predicted molar refractivity (Wildman–Crippen MR) is 121 cm³/mol. The zero-order valence-electron chi connectivity index (χ0n) is 18.3. The molecule has 4 rings (SSSR count). The summed E-state index contributed by atoms with van der Waals surface area (Å²) in [5.41, 5.74) is 1.80. The van der Waals surface area contributed by atoms with Gasteiger partial charge in [0, 0.05) is 22.4 Å². The molecule has 0 spiro atoms. The van der Waals surface area contributed by atoms with Crippen LogP contribution in [0.3, 0.4) is 0 Å². The van der Waals surface area contributed by atoms with Crippen LogP contribution >= 0.6 is 11.3 Å². The average molecular weight is 426 g/mol. The summed E-state index contributed by atoms with van der Waals surface area (Å²) < 4.78 is 6.12. The first-order chi connectivity index (χ1) is 14.3. The van der Waals surface area contributed by atoms with Crippen LogP contribution < -0.4 is 5.32 Å². The normalized spacial score (nSPS) is 17.3. The molecule has 0 saturated carbocycles. The van der Waals surface area contributed by atoms with E-state index in [4.69, 9.17) is 4.42 Å². The lowest BCUT2D eigenvalue weighted by Gasteiger charge is -2.36. The van der Waals surface area contributed by atoms with Crippen molar-refractivity contribution in [1.29, 1.82) is 0 Å². The topological polar surface area (TPSA) is 58.4 Å². The largest absolute Gasteiger partial charge is 0.459 e. The monoisotopic (exact) mass is 425 g/mol. The molecule has 160 valence electrons. The highest BCUT2D eigenvalue weighted by atomic mass is 32.1. The van der Waals surface area contributed by atoms with E-state index in [0.29, 0.717) is 5.92 Å². The second-order valence-electron chi connectivity index (χ2n) is 9.33. The fourth-order valence-corrected chi connectivity index (χ4v) is 4.93. The van der Waals surface area contributed by atoms with Gasteiger partial charge >= 0.3 is 0 Å². The molecular weight excluding hydrogens is 394 g/mol. The van der Waals surface area contributed by atoms with Gasteiger partial charge in [-0.2, -0.15) is 0 Å². The Bertz CT molecular complexity index is 995. The number of aryl methyl sites for hydroxylation is 1. The number of likely N-dealkylation sites (tertiary alicyclic amines) is 1. The molecule has 30 heavy (non-hydrogen) atoms. The van der Waals surface area contributed by atoms with Crippen LogP contribution in [0, 0.1) is 18.3 Å². The van der Waals surface area contributed by atoms with Crippen LogP contribution in [0.15, 0.2) is 40.3 Å². The van der Waals surface area contributed by atoms with Crippen molar-refractivity contribution in [3.05, 3.63) is 52.2 Å². The maximum absolute atomic E-state index is 12.7. The van der Waals surface area contributed by atoms with E-state index in [0.717, 1.165) is 48.8 Å². The molecule has 5 nitrogen and oxygen atoms in total. The van der Waals surface area contributed by atoms with Crippen molar-refractivity contribution in [2.75, 3.05) is 13.1 Å². The highest BCUT2D eigenvalue weighted by molar-refractivity contribution is 7.09. The van der Waals surface area contributed by atoms with Gasteiger partial charge < -0.3 is 9.73 Å². The summed E-state index contributed by atoms with van der Waals surface area (Å²) in [6.45, 7) is 10.8. The van der Waals surface area contributed by atoms with Gasteiger partial charge in [0.25, 0.3) is 0 Å². The number of fused-ring (bicyclic) bond motifs is 1. The number of piperidine rings is 1. The highest BCUT2D eigenvalue weighted by Gasteiger charge is 2.33. The highest BCUT2D eigenvalue weighted by Crippen LogP contribution is 2.34. The molecule has 0 bridgehead atoms. The molecular formula is C24H31N3O2S. The molecule has 1 atom stereocenters. The number of carbonyl (C=O) groups excluding carboxylic acids is 1. The standard InChI is InChI=1S/C24H31N3O2S/c1-16-18-7-5-6-8-19(18)29-20(16)15-27-12-9-17(10-13-27)21(22-25-11-14-30-22)26-23(28)24(2,3)4/h5-8,11,14,17,21H,9-10,12-13,15H2,1-4H3,(H,26,28)/t21-/m0/s1. The molecule has 1 aromatic carbocycles. The summed E-state index contributed by atoms with van der Waals surface area (Å²) in [7, 11) is 0. The van der Waals surface area contributed by atoms with Gasteiger partial charge in [-0.1, -0.05) is 39.0 Å². The van der Waals surface area contributed by atoms with Crippen LogP contribution in [0.25, 0.3) is 11.0 Å². The van der Waals surface area contributed by atoms with Crippen molar-refractivity contribution >= 4 is 28.2 Å². The van der Waals surface area contributed by atoms with Crippen LogP contribution in [0.5, 0.6) is 0 Å². The van der Waals surface area contributed by atoms with Gasteiger partial charge in [0.1, 0.15) is 16.4 Å². The summed E-state index contributed by atoms with van der Waals surface area (Å²) in [6.07, 6.45) is 3.90. The van der Waals surface area contributed by atoms with E-state index in [1.807, 2.05) is 44.5 Å². The number of thiazole rings is 1. The second-order valence-corrected chi connectivity index (χ2v) is 10.3. The Labute approximate surface area is 182 Å². The number of benzene rings is 1. The Morgan fingerprint density at radius 1 is 1.30 bits per heavy atom.